The number of benzene rings is 1. The molecule has 0 radical (unpaired) electrons. The predicted octanol–water partition coefficient (Wildman–Crippen LogP) is 4.90. The largest absolute Gasteiger partial charge is 0.232 e. The average Bonchev–Trinajstić information content (AvgIpc) is 2.35. The van der Waals surface area contributed by atoms with Crippen molar-refractivity contribution < 1.29 is 4.39 Å². The third-order valence-corrected chi connectivity index (χ3v) is 3.92. The Kier molecular flexibility index (Phi) is 4.53. The summed E-state index contributed by atoms with van der Waals surface area (Å²) >= 11 is 9.52. The summed E-state index contributed by atoms with van der Waals surface area (Å²) in [5, 5.41) is 0.380. The highest BCUT2D eigenvalue weighted by Crippen LogP contribution is 2.28. The molecule has 0 spiro atoms. The van der Waals surface area contributed by atoms with Gasteiger partial charge in [0.25, 0.3) is 0 Å². The van der Waals surface area contributed by atoms with E-state index < -0.39 is 0 Å². The van der Waals surface area contributed by atoms with Crippen LogP contribution in [0, 0.1) is 11.7 Å². The van der Waals surface area contributed by atoms with Crippen LogP contribution in [0.1, 0.15) is 19.5 Å². The van der Waals surface area contributed by atoms with E-state index in [9.17, 15) is 4.39 Å². The van der Waals surface area contributed by atoms with E-state index in [0.717, 1.165) is 22.2 Å². The molecule has 0 unspecified atom stereocenters. The quantitative estimate of drug-likeness (QED) is 0.741. The van der Waals surface area contributed by atoms with E-state index in [1.54, 1.807) is 12.1 Å². The first kappa shape index (κ1) is 14.4. The van der Waals surface area contributed by atoms with Crippen molar-refractivity contribution in [1.29, 1.82) is 0 Å². The molecule has 0 bridgehead atoms. The molecular formula is C14H13BrClFN2. The number of nitrogens with zero attached hydrogens (tertiary/aromatic N) is 2. The zero-order valence-electron chi connectivity index (χ0n) is 10.6. The van der Waals surface area contributed by atoms with Gasteiger partial charge in [0.15, 0.2) is 5.82 Å². The standard InChI is InChI=1S/C14H13BrClFN2/c1-8(2)7-11-12(15)13(16)19-14(18-11)9-3-5-10(17)6-4-9/h3-6,8H,7H2,1-2H3. The lowest BCUT2D eigenvalue weighted by atomic mass is 10.1. The summed E-state index contributed by atoms with van der Waals surface area (Å²) < 4.78 is 13.7. The maximum Gasteiger partial charge on any atom is 0.161 e. The molecule has 0 amide bonds. The van der Waals surface area contributed by atoms with Crippen LogP contribution in [-0.2, 0) is 6.42 Å². The van der Waals surface area contributed by atoms with E-state index in [1.807, 2.05) is 0 Å². The fourth-order valence-electron chi connectivity index (χ4n) is 1.71. The highest BCUT2D eigenvalue weighted by Gasteiger charge is 2.13. The SMILES string of the molecule is CC(C)Cc1nc(-c2ccc(F)cc2)nc(Cl)c1Br. The Labute approximate surface area is 125 Å². The summed E-state index contributed by atoms with van der Waals surface area (Å²) in [4.78, 5) is 8.73. The topological polar surface area (TPSA) is 25.8 Å². The Balaban J connectivity index is 2.46. The lowest BCUT2D eigenvalue weighted by Gasteiger charge is -2.10. The molecule has 2 rings (SSSR count). The van der Waals surface area contributed by atoms with Crippen LogP contribution in [0.25, 0.3) is 11.4 Å². The van der Waals surface area contributed by atoms with E-state index in [0.29, 0.717) is 16.9 Å². The van der Waals surface area contributed by atoms with Crippen molar-refractivity contribution in [2.24, 2.45) is 5.92 Å². The normalized spacial score (nSPS) is 11.1. The van der Waals surface area contributed by atoms with Gasteiger partial charge in [-0.15, -0.1) is 0 Å². The summed E-state index contributed by atoms with van der Waals surface area (Å²) in [6.45, 7) is 4.22. The molecule has 19 heavy (non-hydrogen) atoms. The zero-order chi connectivity index (χ0) is 14.0. The maximum atomic E-state index is 12.9. The van der Waals surface area contributed by atoms with Crippen LogP contribution >= 0.6 is 27.5 Å². The number of hydrogen-bond donors (Lipinski definition) is 0. The molecule has 0 saturated heterocycles. The van der Waals surface area contributed by atoms with Gasteiger partial charge in [-0.1, -0.05) is 25.4 Å². The van der Waals surface area contributed by atoms with E-state index in [4.69, 9.17) is 11.6 Å². The van der Waals surface area contributed by atoms with Gasteiger partial charge in [0.2, 0.25) is 0 Å². The highest BCUT2D eigenvalue weighted by atomic mass is 79.9. The Morgan fingerprint density at radius 2 is 1.84 bits per heavy atom. The van der Waals surface area contributed by atoms with Gasteiger partial charge in [-0.3, -0.25) is 0 Å². The van der Waals surface area contributed by atoms with Crippen molar-refractivity contribution in [3.63, 3.8) is 0 Å². The van der Waals surface area contributed by atoms with Gasteiger partial charge >= 0.3 is 0 Å². The molecule has 0 N–H and O–H groups in total. The highest BCUT2D eigenvalue weighted by molar-refractivity contribution is 9.10. The molecule has 0 aliphatic carbocycles. The van der Waals surface area contributed by atoms with Crippen LogP contribution in [0.2, 0.25) is 5.15 Å². The second-order valence-electron chi connectivity index (χ2n) is 4.70. The van der Waals surface area contributed by atoms with Gasteiger partial charge in [-0.05, 0) is 52.5 Å². The Hall–Kier alpha value is -1.00. The Morgan fingerprint density at radius 1 is 1.21 bits per heavy atom. The minimum atomic E-state index is -0.283. The second-order valence-corrected chi connectivity index (χ2v) is 5.85. The van der Waals surface area contributed by atoms with Crippen molar-refractivity contribution in [3.8, 4) is 11.4 Å². The van der Waals surface area contributed by atoms with Gasteiger partial charge in [0.05, 0.1) is 10.2 Å². The van der Waals surface area contributed by atoms with Crippen molar-refractivity contribution >= 4 is 27.5 Å². The third-order valence-electron chi connectivity index (χ3n) is 2.58. The molecule has 0 aliphatic heterocycles. The maximum absolute atomic E-state index is 12.9. The lowest BCUT2D eigenvalue weighted by molar-refractivity contribution is 0.627. The molecular weight excluding hydrogens is 331 g/mol. The van der Waals surface area contributed by atoms with E-state index >= 15 is 0 Å². The van der Waals surface area contributed by atoms with Crippen molar-refractivity contribution in [1.82, 2.24) is 9.97 Å². The van der Waals surface area contributed by atoms with Crippen LogP contribution in [-0.4, -0.2) is 9.97 Å². The van der Waals surface area contributed by atoms with Crippen molar-refractivity contribution in [3.05, 3.63) is 45.4 Å². The number of aromatic nitrogens is 2. The van der Waals surface area contributed by atoms with Gasteiger partial charge in [0.1, 0.15) is 11.0 Å². The number of hydrogen-bond acceptors (Lipinski definition) is 2. The fourth-order valence-corrected chi connectivity index (χ4v) is 2.24. The average molecular weight is 344 g/mol. The molecule has 2 nitrogen and oxygen atoms in total. The summed E-state index contributed by atoms with van der Waals surface area (Å²) in [7, 11) is 0. The molecule has 1 aromatic carbocycles. The molecule has 0 aliphatic rings. The second kappa shape index (κ2) is 5.97. The smallest absolute Gasteiger partial charge is 0.161 e. The van der Waals surface area contributed by atoms with Crippen LogP contribution in [0.3, 0.4) is 0 Å². The minimum absolute atomic E-state index is 0.283. The molecule has 1 heterocycles. The fraction of sp³-hybridized carbons (Fsp3) is 0.286. The summed E-state index contributed by atoms with van der Waals surface area (Å²) in [5.74, 6) is 0.696. The molecule has 100 valence electrons. The van der Waals surface area contributed by atoms with E-state index in [-0.39, 0.29) is 5.82 Å². The molecule has 0 saturated carbocycles. The van der Waals surface area contributed by atoms with Crippen LogP contribution in [0.15, 0.2) is 28.7 Å². The van der Waals surface area contributed by atoms with Gasteiger partial charge in [0, 0.05) is 5.56 Å². The van der Waals surface area contributed by atoms with Crippen LogP contribution in [0.4, 0.5) is 4.39 Å². The number of rotatable bonds is 3. The molecule has 0 fully saturated rings. The monoisotopic (exact) mass is 342 g/mol. The van der Waals surface area contributed by atoms with Crippen LogP contribution in [0.5, 0.6) is 0 Å². The Morgan fingerprint density at radius 3 is 2.42 bits per heavy atom. The Bertz CT molecular complexity index is 585. The number of halogens is 3. The zero-order valence-corrected chi connectivity index (χ0v) is 13.0. The summed E-state index contributed by atoms with van der Waals surface area (Å²) in [6.07, 6.45) is 0.803. The molecule has 2 aromatic rings. The first-order valence-corrected chi connectivity index (χ1v) is 7.12. The first-order chi connectivity index (χ1) is 8.97. The molecule has 5 heteroatoms. The molecule has 1 aromatic heterocycles. The minimum Gasteiger partial charge on any atom is -0.232 e. The summed E-state index contributed by atoms with van der Waals surface area (Å²) in [6, 6.07) is 6.07. The van der Waals surface area contributed by atoms with Gasteiger partial charge < -0.3 is 0 Å². The van der Waals surface area contributed by atoms with Crippen molar-refractivity contribution in [2.75, 3.05) is 0 Å². The third kappa shape index (κ3) is 3.51. The first-order valence-electron chi connectivity index (χ1n) is 5.95. The van der Waals surface area contributed by atoms with Crippen LogP contribution < -0.4 is 0 Å². The lowest BCUT2D eigenvalue weighted by Crippen LogP contribution is -2.02. The van der Waals surface area contributed by atoms with E-state index in [2.05, 4.69) is 39.7 Å². The van der Waals surface area contributed by atoms with Gasteiger partial charge in [-0.2, -0.15) is 0 Å². The van der Waals surface area contributed by atoms with Gasteiger partial charge in [-0.25, -0.2) is 14.4 Å². The predicted molar refractivity (Wildman–Crippen MR) is 78.7 cm³/mol. The van der Waals surface area contributed by atoms with E-state index in [1.165, 1.54) is 12.1 Å². The molecule has 0 atom stereocenters. The summed E-state index contributed by atoms with van der Waals surface area (Å²) in [5.41, 5.74) is 1.62. The van der Waals surface area contributed by atoms with Crippen molar-refractivity contribution in [2.45, 2.75) is 20.3 Å².